The van der Waals surface area contributed by atoms with E-state index >= 15 is 0 Å². The van der Waals surface area contributed by atoms with Crippen LogP contribution < -0.4 is 5.32 Å². The summed E-state index contributed by atoms with van der Waals surface area (Å²) in [7, 11) is 0. The lowest BCUT2D eigenvalue weighted by Gasteiger charge is -2.21. The van der Waals surface area contributed by atoms with Crippen LogP contribution in [0.3, 0.4) is 0 Å². The van der Waals surface area contributed by atoms with Gasteiger partial charge in [0.25, 0.3) is 0 Å². The number of carbonyl (C=O) groups excluding carboxylic acids is 1. The van der Waals surface area contributed by atoms with Gasteiger partial charge in [0.1, 0.15) is 10.8 Å². The normalized spacial score (nSPS) is 19.2. The molecule has 1 aromatic rings. The minimum absolute atomic E-state index is 0.340. The van der Waals surface area contributed by atoms with Crippen LogP contribution in [0.25, 0.3) is 0 Å². The fourth-order valence-corrected chi connectivity index (χ4v) is 2.63. The van der Waals surface area contributed by atoms with Crippen molar-refractivity contribution in [3.05, 3.63) is 29.0 Å². The van der Waals surface area contributed by atoms with E-state index < -0.39 is 5.60 Å². The van der Waals surface area contributed by atoms with Gasteiger partial charge in [0, 0.05) is 25.8 Å². The smallest absolute Gasteiger partial charge is 0.407 e. The minimum Gasteiger partial charge on any atom is -0.444 e. The van der Waals surface area contributed by atoms with Gasteiger partial charge in [-0.3, -0.25) is 4.90 Å². The Morgan fingerprint density at radius 1 is 1.50 bits per heavy atom. The van der Waals surface area contributed by atoms with Gasteiger partial charge in [0.05, 0.1) is 0 Å². The van der Waals surface area contributed by atoms with Crippen molar-refractivity contribution in [1.29, 1.82) is 0 Å². The molecule has 0 aromatic carbocycles. The first kappa shape index (κ1) is 17.0. The first-order valence-electron chi connectivity index (χ1n) is 7.61. The SMILES string of the molecule is CC(C)(C)OC(=O)NCC1CCN(Cc2ccc(Cl)nc2)C1. The number of amides is 1. The van der Waals surface area contributed by atoms with Crippen LogP contribution in [-0.4, -0.2) is 41.2 Å². The summed E-state index contributed by atoms with van der Waals surface area (Å²) in [6.45, 7) is 9.12. The fraction of sp³-hybridized carbons (Fsp3) is 0.625. The first-order valence-corrected chi connectivity index (χ1v) is 7.99. The van der Waals surface area contributed by atoms with Crippen LogP contribution in [0, 0.1) is 5.92 Å². The van der Waals surface area contributed by atoms with E-state index in [-0.39, 0.29) is 6.09 Å². The highest BCUT2D eigenvalue weighted by Gasteiger charge is 2.24. The number of ether oxygens (including phenoxy) is 1. The molecule has 1 N–H and O–H groups in total. The van der Waals surface area contributed by atoms with Crippen LogP contribution in [0.1, 0.15) is 32.8 Å². The lowest BCUT2D eigenvalue weighted by Crippen LogP contribution is -2.35. The summed E-state index contributed by atoms with van der Waals surface area (Å²) in [6.07, 6.45) is 2.55. The Labute approximate surface area is 137 Å². The highest BCUT2D eigenvalue weighted by molar-refractivity contribution is 6.29. The molecule has 2 heterocycles. The molecule has 6 heteroatoms. The van der Waals surface area contributed by atoms with Crippen molar-refractivity contribution < 1.29 is 9.53 Å². The van der Waals surface area contributed by atoms with E-state index in [9.17, 15) is 4.79 Å². The average Bonchev–Trinajstić information content (AvgIpc) is 2.85. The Bertz CT molecular complexity index is 499. The Balaban J connectivity index is 1.71. The number of rotatable bonds is 4. The lowest BCUT2D eigenvalue weighted by atomic mass is 10.1. The predicted molar refractivity (Wildman–Crippen MR) is 86.9 cm³/mol. The van der Waals surface area contributed by atoms with Crippen LogP contribution in [0.4, 0.5) is 4.79 Å². The van der Waals surface area contributed by atoms with Crippen molar-refractivity contribution in [2.75, 3.05) is 19.6 Å². The van der Waals surface area contributed by atoms with E-state index in [4.69, 9.17) is 16.3 Å². The summed E-state index contributed by atoms with van der Waals surface area (Å²) in [6, 6.07) is 3.82. The third-order valence-electron chi connectivity index (χ3n) is 3.50. The molecule has 1 saturated heterocycles. The van der Waals surface area contributed by atoms with E-state index in [1.165, 1.54) is 0 Å². The van der Waals surface area contributed by atoms with Gasteiger partial charge in [0.15, 0.2) is 0 Å². The molecule has 22 heavy (non-hydrogen) atoms. The van der Waals surface area contributed by atoms with Crippen LogP contribution in [0.2, 0.25) is 5.15 Å². The van der Waals surface area contributed by atoms with Gasteiger partial charge in [-0.1, -0.05) is 17.7 Å². The van der Waals surface area contributed by atoms with Gasteiger partial charge >= 0.3 is 6.09 Å². The number of aromatic nitrogens is 1. The largest absolute Gasteiger partial charge is 0.444 e. The standard InChI is InChI=1S/C16H24ClN3O2/c1-16(2,3)22-15(21)19-9-13-6-7-20(11-13)10-12-4-5-14(17)18-8-12/h4-5,8,13H,6-7,9-11H2,1-3H3,(H,19,21). The molecule has 122 valence electrons. The molecule has 1 unspecified atom stereocenters. The van der Waals surface area contributed by atoms with Crippen molar-refractivity contribution in [3.63, 3.8) is 0 Å². The zero-order valence-corrected chi connectivity index (χ0v) is 14.2. The van der Waals surface area contributed by atoms with E-state index in [0.29, 0.717) is 17.6 Å². The maximum absolute atomic E-state index is 11.7. The second-order valence-electron chi connectivity index (χ2n) is 6.76. The maximum Gasteiger partial charge on any atom is 0.407 e. The number of alkyl carbamates (subject to hydrolysis) is 1. The van der Waals surface area contributed by atoms with Gasteiger partial charge in [-0.25, -0.2) is 9.78 Å². The third-order valence-corrected chi connectivity index (χ3v) is 3.72. The molecular formula is C16H24ClN3O2. The Morgan fingerprint density at radius 2 is 2.27 bits per heavy atom. The van der Waals surface area contributed by atoms with Gasteiger partial charge in [0.2, 0.25) is 0 Å². The average molecular weight is 326 g/mol. The van der Waals surface area contributed by atoms with Crippen LogP contribution in [-0.2, 0) is 11.3 Å². The van der Waals surface area contributed by atoms with Crippen LogP contribution in [0.15, 0.2) is 18.3 Å². The molecule has 1 aliphatic heterocycles. The number of pyridine rings is 1. The number of nitrogens with one attached hydrogen (secondary N) is 1. The predicted octanol–water partition coefficient (Wildman–Crippen LogP) is 3.08. The van der Waals surface area contributed by atoms with Crippen LogP contribution in [0.5, 0.6) is 0 Å². The molecule has 1 atom stereocenters. The van der Waals surface area contributed by atoms with E-state index in [1.54, 1.807) is 0 Å². The monoisotopic (exact) mass is 325 g/mol. The molecule has 0 saturated carbocycles. The quantitative estimate of drug-likeness (QED) is 0.864. The number of likely N-dealkylation sites (tertiary alicyclic amines) is 1. The highest BCUT2D eigenvalue weighted by atomic mass is 35.5. The van der Waals surface area contributed by atoms with Crippen molar-refractivity contribution >= 4 is 17.7 Å². The lowest BCUT2D eigenvalue weighted by molar-refractivity contribution is 0.0519. The zero-order valence-electron chi connectivity index (χ0n) is 13.4. The summed E-state index contributed by atoms with van der Waals surface area (Å²) in [5.41, 5.74) is 0.707. The molecule has 1 aliphatic rings. The Kier molecular flexibility index (Phi) is 5.64. The highest BCUT2D eigenvalue weighted by Crippen LogP contribution is 2.18. The maximum atomic E-state index is 11.7. The van der Waals surface area contributed by atoms with Gasteiger partial charge in [-0.15, -0.1) is 0 Å². The molecule has 2 rings (SSSR count). The van der Waals surface area contributed by atoms with Gasteiger partial charge in [-0.2, -0.15) is 0 Å². The topological polar surface area (TPSA) is 54.5 Å². The van der Waals surface area contributed by atoms with Crippen molar-refractivity contribution in [3.8, 4) is 0 Å². The fourth-order valence-electron chi connectivity index (χ4n) is 2.52. The number of carbonyl (C=O) groups is 1. The third kappa shape index (κ3) is 5.81. The molecule has 0 aliphatic carbocycles. The second-order valence-corrected chi connectivity index (χ2v) is 7.15. The first-order chi connectivity index (χ1) is 10.3. The van der Waals surface area contributed by atoms with E-state index in [0.717, 1.165) is 31.6 Å². The van der Waals surface area contributed by atoms with Crippen molar-refractivity contribution in [2.45, 2.75) is 39.3 Å². The number of hydrogen-bond acceptors (Lipinski definition) is 4. The summed E-state index contributed by atoms with van der Waals surface area (Å²) in [4.78, 5) is 18.1. The van der Waals surface area contributed by atoms with Crippen molar-refractivity contribution in [2.24, 2.45) is 5.92 Å². The molecule has 1 amide bonds. The molecule has 1 fully saturated rings. The molecule has 1 aromatic heterocycles. The second kappa shape index (κ2) is 7.29. The molecule has 0 radical (unpaired) electrons. The molecule has 5 nitrogen and oxygen atoms in total. The van der Waals surface area contributed by atoms with E-state index in [2.05, 4.69) is 15.2 Å². The zero-order chi connectivity index (χ0) is 16.2. The number of hydrogen-bond donors (Lipinski definition) is 1. The van der Waals surface area contributed by atoms with Gasteiger partial charge < -0.3 is 10.1 Å². The number of halogens is 1. The van der Waals surface area contributed by atoms with E-state index in [1.807, 2.05) is 39.1 Å². The Hall–Kier alpha value is -1.33. The van der Waals surface area contributed by atoms with Crippen molar-refractivity contribution in [1.82, 2.24) is 15.2 Å². The summed E-state index contributed by atoms with van der Waals surface area (Å²) >= 11 is 5.79. The van der Waals surface area contributed by atoms with Gasteiger partial charge in [-0.05, 0) is 51.3 Å². The van der Waals surface area contributed by atoms with Crippen LogP contribution >= 0.6 is 11.6 Å². The number of nitrogens with zero attached hydrogens (tertiary/aromatic N) is 2. The molecular weight excluding hydrogens is 302 g/mol. The summed E-state index contributed by atoms with van der Waals surface area (Å²) in [5, 5.41) is 3.37. The minimum atomic E-state index is -0.451. The molecule has 0 spiro atoms. The summed E-state index contributed by atoms with van der Waals surface area (Å²) < 4.78 is 5.25. The molecule has 0 bridgehead atoms. The Morgan fingerprint density at radius 3 is 2.91 bits per heavy atom. The summed E-state index contributed by atoms with van der Waals surface area (Å²) in [5.74, 6) is 0.466.